The number of nitrogens with zero attached hydrogens (tertiary/aromatic N) is 1. The topological polar surface area (TPSA) is 149 Å². The molecule has 0 aromatic carbocycles. The van der Waals surface area contributed by atoms with Gasteiger partial charge in [-0.2, -0.15) is 0 Å². The van der Waals surface area contributed by atoms with E-state index in [0.29, 0.717) is 31.7 Å². The van der Waals surface area contributed by atoms with E-state index in [4.69, 9.17) is 5.41 Å². The third-order valence-corrected chi connectivity index (χ3v) is 4.59. The van der Waals surface area contributed by atoms with Crippen LogP contribution in [0.4, 0.5) is 0 Å². The summed E-state index contributed by atoms with van der Waals surface area (Å²) in [5.41, 5.74) is 2.97. The van der Waals surface area contributed by atoms with Crippen LogP contribution in [0.25, 0.3) is 0 Å². The van der Waals surface area contributed by atoms with Gasteiger partial charge in [0.1, 0.15) is 6.04 Å². The normalized spacial score (nSPS) is 12.5. The highest BCUT2D eigenvalue weighted by Crippen LogP contribution is 2.12. The minimum atomic E-state index is -0.820. The standard InChI is InChI=1S/C21H40N6O4/c1-15(2)8-6-9-17(5)14-19(28)25-18(20(29)23-13-11-16(3)4)10-7-12-24-21(22)26-27(30)31/h8,16-18H,6-7,9-14H2,1-5H3,(H,23,29)(H,25,28)(H3,22,24,26)/t17-,18+/m1/s1. The number of guanidine groups is 1. The lowest BCUT2D eigenvalue weighted by molar-refractivity contribution is -0.525. The first-order chi connectivity index (χ1) is 14.5. The maximum Gasteiger partial charge on any atom is 0.251 e. The number of nitrogens with one attached hydrogen (secondary N) is 5. The number of rotatable bonds is 15. The molecule has 10 heteroatoms. The summed E-state index contributed by atoms with van der Waals surface area (Å²) in [7, 11) is 0. The van der Waals surface area contributed by atoms with Crippen molar-refractivity contribution in [3.63, 3.8) is 0 Å². The molecule has 31 heavy (non-hydrogen) atoms. The van der Waals surface area contributed by atoms with Gasteiger partial charge in [-0.15, -0.1) is 0 Å². The Morgan fingerprint density at radius 2 is 1.74 bits per heavy atom. The number of nitro groups is 1. The molecule has 0 aromatic rings. The summed E-state index contributed by atoms with van der Waals surface area (Å²) in [4.78, 5) is 35.3. The lowest BCUT2D eigenvalue weighted by Crippen LogP contribution is -2.48. The zero-order valence-electron chi connectivity index (χ0n) is 19.5. The third kappa shape index (κ3) is 16.8. The maximum atomic E-state index is 12.6. The number of amides is 2. The largest absolute Gasteiger partial charge is 0.354 e. The molecule has 2 amide bonds. The summed E-state index contributed by atoms with van der Waals surface area (Å²) in [5.74, 6) is -0.152. The van der Waals surface area contributed by atoms with Gasteiger partial charge in [-0.1, -0.05) is 37.8 Å². The molecule has 0 bridgehead atoms. The number of hydrogen-bond donors (Lipinski definition) is 5. The molecule has 0 heterocycles. The molecule has 0 saturated carbocycles. The monoisotopic (exact) mass is 440 g/mol. The summed E-state index contributed by atoms with van der Waals surface area (Å²) < 4.78 is 0. The molecule has 0 radical (unpaired) electrons. The molecular weight excluding hydrogens is 400 g/mol. The fourth-order valence-corrected chi connectivity index (χ4v) is 2.85. The van der Waals surface area contributed by atoms with Gasteiger partial charge in [0.2, 0.25) is 11.8 Å². The highest BCUT2D eigenvalue weighted by molar-refractivity contribution is 5.87. The molecule has 5 N–H and O–H groups in total. The lowest BCUT2D eigenvalue weighted by atomic mass is 10.00. The van der Waals surface area contributed by atoms with Crippen molar-refractivity contribution in [3.05, 3.63) is 21.8 Å². The van der Waals surface area contributed by atoms with Crippen molar-refractivity contribution in [1.29, 1.82) is 5.41 Å². The zero-order valence-corrected chi connectivity index (χ0v) is 19.5. The van der Waals surface area contributed by atoms with Crippen LogP contribution in [0, 0.1) is 27.4 Å². The summed E-state index contributed by atoms with van der Waals surface area (Å²) >= 11 is 0. The average molecular weight is 441 g/mol. The zero-order chi connectivity index (χ0) is 23.8. The van der Waals surface area contributed by atoms with Gasteiger partial charge in [0, 0.05) is 19.5 Å². The molecule has 0 fully saturated rings. The van der Waals surface area contributed by atoms with Crippen LogP contribution in [0.1, 0.15) is 73.1 Å². The van der Waals surface area contributed by atoms with Gasteiger partial charge >= 0.3 is 0 Å². The van der Waals surface area contributed by atoms with Crippen LogP contribution in [0.2, 0.25) is 0 Å². The van der Waals surface area contributed by atoms with Crippen molar-refractivity contribution >= 4 is 17.8 Å². The Hall–Kier alpha value is -2.65. The smallest absolute Gasteiger partial charge is 0.251 e. The van der Waals surface area contributed by atoms with Crippen LogP contribution in [0.15, 0.2) is 11.6 Å². The van der Waals surface area contributed by atoms with E-state index in [-0.39, 0.29) is 24.3 Å². The van der Waals surface area contributed by atoms with E-state index < -0.39 is 17.0 Å². The van der Waals surface area contributed by atoms with Crippen LogP contribution in [-0.2, 0) is 9.59 Å². The molecule has 0 aliphatic heterocycles. The Balaban J connectivity index is 4.65. The fraction of sp³-hybridized carbons (Fsp3) is 0.762. The van der Waals surface area contributed by atoms with Gasteiger partial charge in [0.15, 0.2) is 5.03 Å². The molecule has 0 rings (SSSR count). The van der Waals surface area contributed by atoms with Crippen molar-refractivity contribution in [2.45, 2.75) is 79.2 Å². The highest BCUT2D eigenvalue weighted by atomic mass is 16.7. The number of allylic oxidation sites excluding steroid dienone is 2. The lowest BCUT2D eigenvalue weighted by Gasteiger charge is -2.20. The Labute approximate surface area is 185 Å². The molecule has 0 spiro atoms. The SMILES string of the molecule is CC(C)=CCC[C@@H](C)CC(=O)N[C@@H](CCCNC(=N)N[N+](=O)[O-])C(=O)NCCC(C)C. The minimum Gasteiger partial charge on any atom is -0.354 e. The molecule has 0 aromatic heterocycles. The minimum absolute atomic E-state index is 0.163. The fourth-order valence-electron chi connectivity index (χ4n) is 2.85. The number of hydrazine groups is 1. The van der Waals surface area contributed by atoms with Crippen molar-refractivity contribution in [1.82, 2.24) is 21.4 Å². The van der Waals surface area contributed by atoms with Crippen molar-refractivity contribution in [2.75, 3.05) is 13.1 Å². The molecule has 10 nitrogen and oxygen atoms in total. The maximum absolute atomic E-state index is 12.6. The van der Waals surface area contributed by atoms with Crippen LogP contribution >= 0.6 is 0 Å². The van der Waals surface area contributed by atoms with E-state index in [1.54, 1.807) is 5.43 Å². The molecule has 0 unspecified atom stereocenters. The summed E-state index contributed by atoms with van der Waals surface area (Å²) in [6.07, 6.45) is 5.99. The summed E-state index contributed by atoms with van der Waals surface area (Å²) in [5, 5.41) is 25.1. The Kier molecular flexibility index (Phi) is 14.7. The number of carbonyl (C=O) groups excluding carboxylic acids is 2. The van der Waals surface area contributed by atoms with E-state index in [1.165, 1.54) is 5.57 Å². The summed E-state index contributed by atoms with van der Waals surface area (Å²) in [6, 6.07) is -0.677. The van der Waals surface area contributed by atoms with E-state index in [1.807, 2.05) is 20.8 Å². The van der Waals surface area contributed by atoms with E-state index in [0.717, 1.165) is 19.3 Å². The van der Waals surface area contributed by atoms with Crippen molar-refractivity contribution in [3.8, 4) is 0 Å². The van der Waals surface area contributed by atoms with Gasteiger partial charge in [-0.05, 0) is 57.8 Å². The van der Waals surface area contributed by atoms with Crippen LogP contribution in [-0.4, -0.2) is 41.9 Å². The Morgan fingerprint density at radius 3 is 2.32 bits per heavy atom. The first kappa shape index (κ1) is 28.4. The van der Waals surface area contributed by atoms with Gasteiger partial charge in [-0.25, -0.2) is 10.1 Å². The van der Waals surface area contributed by atoms with E-state index in [2.05, 4.69) is 35.9 Å². The Morgan fingerprint density at radius 1 is 1.06 bits per heavy atom. The quantitative estimate of drug-likeness (QED) is 0.0659. The van der Waals surface area contributed by atoms with Gasteiger partial charge < -0.3 is 16.0 Å². The van der Waals surface area contributed by atoms with Crippen molar-refractivity contribution in [2.24, 2.45) is 11.8 Å². The second kappa shape index (κ2) is 16.1. The number of carbonyl (C=O) groups is 2. The van der Waals surface area contributed by atoms with Crippen LogP contribution in [0.5, 0.6) is 0 Å². The third-order valence-electron chi connectivity index (χ3n) is 4.59. The second-order valence-electron chi connectivity index (χ2n) is 8.57. The molecular formula is C21H40N6O4. The Bertz CT molecular complexity index is 617. The second-order valence-corrected chi connectivity index (χ2v) is 8.57. The summed E-state index contributed by atoms with van der Waals surface area (Å²) in [6.45, 7) is 11.1. The van der Waals surface area contributed by atoms with Crippen molar-refractivity contribution < 1.29 is 14.6 Å². The predicted octanol–water partition coefficient (Wildman–Crippen LogP) is 2.49. The molecule has 178 valence electrons. The molecule has 2 atom stereocenters. The van der Waals surface area contributed by atoms with Gasteiger partial charge in [-0.3, -0.25) is 15.0 Å². The average Bonchev–Trinajstić information content (AvgIpc) is 2.62. The van der Waals surface area contributed by atoms with E-state index >= 15 is 0 Å². The van der Waals surface area contributed by atoms with Gasteiger partial charge in [0.25, 0.3) is 5.96 Å². The molecule has 0 saturated heterocycles. The molecule has 0 aliphatic carbocycles. The first-order valence-electron chi connectivity index (χ1n) is 10.9. The number of hydrogen-bond acceptors (Lipinski definition) is 5. The predicted molar refractivity (Wildman–Crippen MR) is 122 cm³/mol. The van der Waals surface area contributed by atoms with Crippen LogP contribution < -0.4 is 21.4 Å². The van der Waals surface area contributed by atoms with Gasteiger partial charge in [0.05, 0.1) is 0 Å². The highest BCUT2D eigenvalue weighted by Gasteiger charge is 2.21. The van der Waals surface area contributed by atoms with Crippen LogP contribution in [0.3, 0.4) is 0 Å². The van der Waals surface area contributed by atoms with E-state index in [9.17, 15) is 19.7 Å². The molecule has 0 aliphatic rings. The first-order valence-corrected chi connectivity index (χ1v) is 10.9.